The van der Waals surface area contributed by atoms with Gasteiger partial charge in [-0.2, -0.15) is 0 Å². The van der Waals surface area contributed by atoms with Crippen molar-refractivity contribution < 1.29 is 19.2 Å². The monoisotopic (exact) mass is 294 g/mol. The Balaban J connectivity index is 2.81. The number of likely N-dealkylation sites (N-methyl/N-ethyl adjacent to an activating group) is 1. The Kier molecular flexibility index (Phi) is 3.39. The molecule has 1 aliphatic carbocycles. The molecule has 0 N–H and O–H groups in total. The maximum Gasteiger partial charge on any atom is 0.324 e. The molecule has 0 unspecified atom stereocenters. The number of hydrogen-bond acceptors (Lipinski definition) is 5. The van der Waals surface area contributed by atoms with Crippen LogP contribution in [0.4, 0.5) is 0 Å². The summed E-state index contributed by atoms with van der Waals surface area (Å²) in [6.07, 6.45) is 2.88. The Morgan fingerprint density at radius 1 is 1.38 bits per heavy atom. The third-order valence-corrected chi connectivity index (χ3v) is 4.65. The first kappa shape index (κ1) is 15.2. The van der Waals surface area contributed by atoms with E-state index in [2.05, 4.69) is 0 Å². The van der Waals surface area contributed by atoms with Crippen LogP contribution in [-0.4, -0.2) is 41.4 Å². The number of carbonyl (C=O) groups is 2. The van der Waals surface area contributed by atoms with E-state index in [4.69, 9.17) is 4.74 Å². The number of methoxy groups -OCH3 is 1. The maximum atomic E-state index is 12.6. The van der Waals surface area contributed by atoms with Crippen molar-refractivity contribution in [2.75, 3.05) is 14.2 Å². The smallest absolute Gasteiger partial charge is 0.324 e. The fourth-order valence-electron chi connectivity index (χ4n) is 3.27. The number of nitro groups is 1. The minimum Gasteiger partial charge on any atom is -0.468 e. The van der Waals surface area contributed by atoms with Crippen LogP contribution in [0.5, 0.6) is 0 Å². The molecule has 21 heavy (non-hydrogen) atoms. The summed E-state index contributed by atoms with van der Waals surface area (Å²) in [5.74, 6) is -1.43. The molecular formula is C14H18N2O5. The van der Waals surface area contributed by atoms with Crippen LogP contribution < -0.4 is 0 Å². The lowest BCUT2D eigenvalue weighted by atomic mass is 9.58. The summed E-state index contributed by atoms with van der Waals surface area (Å²) in [4.78, 5) is 37.3. The Labute approximate surface area is 122 Å². The molecule has 7 nitrogen and oxygen atoms in total. The molecule has 2 rings (SSSR count). The number of nitrogens with zero attached hydrogens (tertiary/aromatic N) is 2. The minimum absolute atomic E-state index is 0.0888. The van der Waals surface area contributed by atoms with Gasteiger partial charge in [-0.15, -0.1) is 0 Å². The summed E-state index contributed by atoms with van der Waals surface area (Å²) in [6, 6.07) is 0. The van der Waals surface area contributed by atoms with Crippen molar-refractivity contribution in [3.05, 3.63) is 33.5 Å². The van der Waals surface area contributed by atoms with Crippen LogP contribution >= 0.6 is 0 Å². The van der Waals surface area contributed by atoms with Crippen LogP contribution in [-0.2, 0) is 14.3 Å². The van der Waals surface area contributed by atoms with Gasteiger partial charge in [-0.25, -0.2) is 0 Å². The van der Waals surface area contributed by atoms with Gasteiger partial charge >= 0.3 is 17.4 Å². The summed E-state index contributed by atoms with van der Waals surface area (Å²) in [5.41, 5.74) is -1.98. The molecule has 114 valence electrons. The van der Waals surface area contributed by atoms with Crippen LogP contribution in [0, 0.1) is 15.5 Å². The van der Waals surface area contributed by atoms with Crippen LogP contribution in [0.15, 0.2) is 23.4 Å². The number of allylic oxidation sites excluding steroid dienone is 1. The van der Waals surface area contributed by atoms with Gasteiger partial charge in [0.2, 0.25) is 0 Å². The molecule has 0 aromatic rings. The second-order valence-corrected chi connectivity index (χ2v) is 5.73. The predicted molar refractivity (Wildman–Crippen MR) is 73.7 cm³/mol. The third kappa shape index (κ3) is 1.73. The van der Waals surface area contributed by atoms with E-state index >= 15 is 0 Å². The van der Waals surface area contributed by atoms with Crippen molar-refractivity contribution in [3.8, 4) is 0 Å². The summed E-state index contributed by atoms with van der Waals surface area (Å²) in [5, 5.41) is 11.8. The number of ether oxygens (including phenoxy) is 1. The average Bonchev–Trinajstić information content (AvgIpc) is 2.44. The van der Waals surface area contributed by atoms with E-state index in [1.807, 2.05) is 6.92 Å². The Hall–Kier alpha value is -2.18. The lowest BCUT2D eigenvalue weighted by Crippen LogP contribution is -2.68. The van der Waals surface area contributed by atoms with Crippen molar-refractivity contribution in [1.29, 1.82) is 0 Å². The van der Waals surface area contributed by atoms with E-state index in [0.29, 0.717) is 0 Å². The van der Waals surface area contributed by atoms with Crippen molar-refractivity contribution in [2.24, 2.45) is 5.41 Å². The molecule has 0 fully saturated rings. The Bertz CT molecular complexity index is 594. The molecule has 1 aliphatic heterocycles. The number of hydrogen-bond donors (Lipinski definition) is 0. The molecule has 2 atom stereocenters. The molecule has 7 heteroatoms. The summed E-state index contributed by atoms with van der Waals surface area (Å²) in [6.45, 7) is 3.58. The van der Waals surface area contributed by atoms with Gasteiger partial charge in [-0.3, -0.25) is 19.7 Å². The Morgan fingerprint density at radius 3 is 2.48 bits per heavy atom. The summed E-state index contributed by atoms with van der Waals surface area (Å²) >= 11 is 0. The SMILES string of the molecule is COC(=O)[C@@]12C=CN(C)C(=O)[C@]1([N+](=O)[O-])CC(C)=C(C)C2. The van der Waals surface area contributed by atoms with Gasteiger partial charge in [-0.05, 0) is 26.3 Å². The fraction of sp³-hybridized carbons (Fsp3) is 0.571. The standard InChI is InChI=1S/C14H18N2O5/c1-9-7-13(12(18)21-4)5-6-15(3)11(17)14(13,16(19)20)8-10(9)2/h5-6H,7-8H2,1-4H3/t13-,14+/m0/s1. The molecule has 1 amide bonds. The highest BCUT2D eigenvalue weighted by Gasteiger charge is 2.73. The highest BCUT2D eigenvalue weighted by Crippen LogP contribution is 2.52. The number of esters is 1. The van der Waals surface area contributed by atoms with Crippen LogP contribution in [0.25, 0.3) is 0 Å². The highest BCUT2D eigenvalue weighted by atomic mass is 16.6. The maximum absolute atomic E-state index is 12.6. The topological polar surface area (TPSA) is 89.8 Å². The molecular weight excluding hydrogens is 276 g/mol. The first-order valence-electron chi connectivity index (χ1n) is 6.57. The molecule has 0 radical (unpaired) electrons. The van der Waals surface area contributed by atoms with Gasteiger partial charge in [0.05, 0.1) is 13.5 Å². The zero-order valence-corrected chi connectivity index (χ0v) is 12.5. The lowest BCUT2D eigenvalue weighted by Gasteiger charge is -2.46. The predicted octanol–water partition coefficient (Wildman–Crippen LogP) is 1.28. The lowest BCUT2D eigenvalue weighted by molar-refractivity contribution is -0.569. The molecule has 0 spiro atoms. The van der Waals surface area contributed by atoms with Gasteiger partial charge in [0.1, 0.15) is 0 Å². The number of rotatable bonds is 2. The van der Waals surface area contributed by atoms with Crippen LogP contribution in [0.1, 0.15) is 26.7 Å². The van der Waals surface area contributed by atoms with E-state index in [1.54, 1.807) is 6.92 Å². The first-order valence-corrected chi connectivity index (χ1v) is 6.57. The van der Waals surface area contributed by atoms with Crippen molar-refractivity contribution >= 4 is 11.9 Å². The third-order valence-electron chi connectivity index (χ3n) is 4.65. The number of carbonyl (C=O) groups excluding carboxylic acids is 2. The van der Waals surface area contributed by atoms with Gasteiger partial charge in [-0.1, -0.05) is 11.1 Å². The van der Waals surface area contributed by atoms with E-state index in [1.165, 1.54) is 26.4 Å². The quantitative estimate of drug-likeness (QED) is 0.331. The zero-order chi connectivity index (χ0) is 16.0. The largest absolute Gasteiger partial charge is 0.468 e. The molecule has 0 bridgehead atoms. The van der Waals surface area contributed by atoms with Gasteiger partial charge < -0.3 is 9.64 Å². The van der Waals surface area contributed by atoms with E-state index in [9.17, 15) is 19.7 Å². The van der Waals surface area contributed by atoms with Gasteiger partial charge in [0, 0.05) is 18.2 Å². The van der Waals surface area contributed by atoms with Crippen LogP contribution in [0.3, 0.4) is 0 Å². The van der Waals surface area contributed by atoms with E-state index < -0.39 is 27.8 Å². The summed E-state index contributed by atoms with van der Waals surface area (Å²) in [7, 11) is 2.63. The van der Waals surface area contributed by atoms with Crippen molar-refractivity contribution in [1.82, 2.24) is 4.90 Å². The van der Waals surface area contributed by atoms with Crippen molar-refractivity contribution in [2.45, 2.75) is 32.2 Å². The minimum atomic E-state index is -2.03. The molecule has 0 saturated carbocycles. The van der Waals surface area contributed by atoms with E-state index in [0.717, 1.165) is 16.0 Å². The van der Waals surface area contributed by atoms with E-state index in [-0.39, 0.29) is 12.8 Å². The molecule has 1 heterocycles. The zero-order valence-electron chi connectivity index (χ0n) is 12.5. The molecule has 0 aromatic carbocycles. The average molecular weight is 294 g/mol. The highest BCUT2D eigenvalue weighted by molar-refractivity contribution is 5.97. The van der Waals surface area contributed by atoms with Crippen molar-refractivity contribution in [3.63, 3.8) is 0 Å². The molecule has 2 aliphatic rings. The first-order chi connectivity index (χ1) is 9.72. The second kappa shape index (κ2) is 4.68. The molecule has 0 aromatic heterocycles. The normalized spacial score (nSPS) is 32.0. The van der Waals surface area contributed by atoms with Gasteiger partial charge in [0.25, 0.3) is 0 Å². The van der Waals surface area contributed by atoms with Gasteiger partial charge in [0.15, 0.2) is 5.41 Å². The molecule has 0 saturated heterocycles. The summed E-state index contributed by atoms with van der Waals surface area (Å²) < 4.78 is 4.80. The number of fused-ring (bicyclic) bond motifs is 1. The van der Waals surface area contributed by atoms with Crippen LogP contribution in [0.2, 0.25) is 0 Å². The Morgan fingerprint density at radius 2 is 1.95 bits per heavy atom. The number of amides is 1. The second-order valence-electron chi connectivity index (χ2n) is 5.73. The fourth-order valence-corrected chi connectivity index (χ4v) is 3.27.